The van der Waals surface area contributed by atoms with Crippen LogP contribution in [0.3, 0.4) is 0 Å². The van der Waals surface area contributed by atoms with E-state index in [0.717, 1.165) is 21.9 Å². The molecule has 1 heterocycles. The highest BCUT2D eigenvalue weighted by atomic mass is 35.5. The van der Waals surface area contributed by atoms with Gasteiger partial charge in [0.2, 0.25) is 0 Å². The van der Waals surface area contributed by atoms with Crippen LogP contribution in [-0.4, -0.2) is 12.0 Å². The zero-order valence-corrected chi connectivity index (χ0v) is 12.3. The fourth-order valence-corrected chi connectivity index (χ4v) is 3.53. The SMILES string of the molecule is CSCc1ccc(C(=NN)c2ccc(Cl)cc2)s1. The average Bonchev–Trinajstić information content (AvgIpc) is 2.82. The topological polar surface area (TPSA) is 38.4 Å². The fourth-order valence-electron chi connectivity index (χ4n) is 1.61. The summed E-state index contributed by atoms with van der Waals surface area (Å²) in [5.74, 6) is 6.53. The van der Waals surface area contributed by atoms with Crippen molar-refractivity contribution < 1.29 is 0 Å². The maximum absolute atomic E-state index is 5.88. The number of nitrogens with zero attached hydrogens (tertiary/aromatic N) is 1. The van der Waals surface area contributed by atoms with Crippen LogP contribution in [0.4, 0.5) is 0 Å². The van der Waals surface area contributed by atoms with Gasteiger partial charge in [0.1, 0.15) is 5.71 Å². The lowest BCUT2D eigenvalue weighted by Gasteiger charge is -2.02. The molecular formula is C13H13ClN2S2. The van der Waals surface area contributed by atoms with Crippen molar-refractivity contribution in [2.75, 3.05) is 6.26 Å². The Balaban J connectivity index is 2.30. The smallest absolute Gasteiger partial charge is 0.107 e. The van der Waals surface area contributed by atoms with Gasteiger partial charge in [-0.25, -0.2) is 0 Å². The minimum atomic E-state index is 0.712. The first-order valence-electron chi connectivity index (χ1n) is 5.36. The van der Waals surface area contributed by atoms with Gasteiger partial charge in [-0.3, -0.25) is 0 Å². The Labute approximate surface area is 120 Å². The number of hydrogen-bond donors (Lipinski definition) is 1. The average molecular weight is 297 g/mol. The largest absolute Gasteiger partial charge is 0.323 e. The normalized spacial score (nSPS) is 11.8. The van der Waals surface area contributed by atoms with E-state index in [-0.39, 0.29) is 0 Å². The number of rotatable bonds is 4. The highest BCUT2D eigenvalue weighted by Crippen LogP contribution is 2.24. The summed E-state index contributed by atoms with van der Waals surface area (Å²) >= 11 is 9.41. The van der Waals surface area contributed by atoms with E-state index in [9.17, 15) is 0 Å². The van der Waals surface area contributed by atoms with Gasteiger partial charge >= 0.3 is 0 Å². The second-order valence-corrected chi connectivity index (χ2v) is 6.15. The molecule has 0 radical (unpaired) electrons. The predicted molar refractivity (Wildman–Crippen MR) is 82.8 cm³/mol. The third kappa shape index (κ3) is 3.07. The molecule has 0 aliphatic heterocycles. The molecule has 18 heavy (non-hydrogen) atoms. The molecule has 2 aromatic rings. The van der Waals surface area contributed by atoms with Crippen LogP contribution in [0.15, 0.2) is 41.5 Å². The van der Waals surface area contributed by atoms with Crippen molar-refractivity contribution in [3.05, 3.63) is 56.7 Å². The molecule has 0 spiro atoms. The van der Waals surface area contributed by atoms with E-state index in [1.54, 1.807) is 23.1 Å². The molecule has 1 aromatic carbocycles. The molecule has 0 aliphatic carbocycles. The molecule has 0 saturated heterocycles. The Morgan fingerprint density at radius 1 is 1.28 bits per heavy atom. The Bertz CT molecular complexity index is 546. The first kappa shape index (κ1) is 13.5. The van der Waals surface area contributed by atoms with E-state index in [1.807, 2.05) is 24.3 Å². The fraction of sp³-hybridized carbons (Fsp3) is 0.154. The summed E-state index contributed by atoms with van der Waals surface area (Å²) in [6, 6.07) is 11.7. The minimum Gasteiger partial charge on any atom is -0.323 e. The zero-order valence-electron chi connectivity index (χ0n) is 9.89. The van der Waals surface area contributed by atoms with Crippen LogP contribution in [0, 0.1) is 0 Å². The molecule has 0 aliphatic rings. The third-order valence-electron chi connectivity index (χ3n) is 2.43. The molecule has 2 nitrogen and oxygen atoms in total. The second kappa shape index (κ2) is 6.27. The van der Waals surface area contributed by atoms with Crippen molar-refractivity contribution in [1.82, 2.24) is 0 Å². The first-order valence-corrected chi connectivity index (χ1v) is 7.95. The van der Waals surface area contributed by atoms with Gasteiger partial charge in [-0.1, -0.05) is 23.7 Å². The summed E-state index contributed by atoms with van der Waals surface area (Å²) in [4.78, 5) is 2.41. The van der Waals surface area contributed by atoms with Crippen molar-refractivity contribution in [1.29, 1.82) is 0 Å². The standard InChI is InChI=1S/C13H13ClN2S2/c1-17-8-11-6-7-12(18-11)13(16-15)9-2-4-10(14)5-3-9/h2-7H,8,15H2,1H3. The molecule has 0 unspecified atom stereocenters. The second-order valence-electron chi connectivity index (χ2n) is 3.68. The summed E-state index contributed by atoms with van der Waals surface area (Å²) < 4.78 is 0. The number of halogens is 1. The number of hydrogen-bond acceptors (Lipinski definition) is 4. The number of thioether (sulfide) groups is 1. The van der Waals surface area contributed by atoms with Crippen LogP contribution in [-0.2, 0) is 5.75 Å². The minimum absolute atomic E-state index is 0.712. The van der Waals surface area contributed by atoms with Crippen LogP contribution in [0.1, 0.15) is 15.3 Å². The Morgan fingerprint density at radius 2 is 2.00 bits per heavy atom. The van der Waals surface area contributed by atoms with Crippen LogP contribution in [0.25, 0.3) is 0 Å². The van der Waals surface area contributed by atoms with E-state index in [2.05, 4.69) is 23.5 Å². The molecular weight excluding hydrogens is 284 g/mol. The summed E-state index contributed by atoms with van der Waals surface area (Å²) in [5.41, 5.74) is 1.79. The van der Waals surface area contributed by atoms with E-state index in [4.69, 9.17) is 17.4 Å². The highest BCUT2D eigenvalue weighted by Gasteiger charge is 2.09. The van der Waals surface area contributed by atoms with Crippen molar-refractivity contribution in [2.24, 2.45) is 10.9 Å². The Kier molecular flexibility index (Phi) is 4.69. The summed E-state index contributed by atoms with van der Waals surface area (Å²) in [6.45, 7) is 0. The van der Waals surface area contributed by atoms with Crippen molar-refractivity contribution in [3.8, 4) is 0 Å². The predicted octanol–water partition coefficient (Wildman–Crippen LogP) is 3.98. The molecule has 2 N–H and O–H groups in total. The van der Waals surface area contributed by atoms with Crippen LogP contribution in [0.5, 0.6) is 0 Å². The van der Waals surface area contributed by atoms with E-state index in [1.165, 1.54) is 4.88 Å². The van der Waals surface area contributed by atoms with Crippen molar-refractivity contribution in [3.63, 3.8) is 0 Å². The van der Waals surface area contributed by atoms with Gasteiger partial charge in [0, 0.05) is 21.2 Å². The van der Waals surface area contributed by atoms with Crippen LogP contribution >= 0.6 is 34.7 Å². The lowest BCUT2D eigenvalue weighted by atomic mass is 10.1. The molecule has 0 bridgehead atoms. The number of nitrogens with two attached hydrogens (primary N) is 1. The molecule has 2 rings (SSSR count). The van der Waals surface area contributed by atoms with Gasteiger partial charge in [-0.05, 0) is 30.5 Å². The van der Waals surface area contributed by atoms with Crippen LogP contribution < -0.4 is 5.84 Å². The lowest BCUT2D eigenvalue weighted by Crippen LogP contribution is -2.03. The summed E-state index contributed by atoms with van der Waals surface area (Å²) in [7, 11) is 0. The quantitative estimate of drug-likeness (QED) is 0.526. The van der Waals surface area contributed by atoms with Gasteiger partial charge in [-0.2, -0.15) is 16.9 Å². The molecule has 0 saturated carbocycles. The maximum atomic E-state index is 5.88. The monoisotopic (exact) mass is 296 g/mol. The number of benzene rings is 1. The molecule has 1 aromatic heterocycles. The first-order chi connectivity index (χ1) is 8.74. The van der Waals surface area contributed by atoms with Crippen molar-refractivity contribution >= 4 is 40.4 Å². The maximum Gasteiger partial charge on any atom is 0.107 e. The molecule has 94 valence electrons. The van der Waals surface area contributed by atoms with E-state index in [0.29, 0.717) is 5.02 Å². The van der Waals surface area contributed by atoms with E-state index < -0.39 is 0 Å². The Hall–Kier alpha value is -0.970. The summed E-state index contributed by atoms with van der Waals surface area (Å²) in [5, 5.41) is 4.62. The molecule has 0 fully saturated rings. The lowest BCUT2D eigenvalue weighted by molar-refractivity contribution is 1.25. The molecule has 0 atom stereocenters. The van der Waals surface area contributed by atoms with Crippen molar-refractivity contribution in [2.45, 2.75) is 5.75 Å². The molecule has 5 heteroatoms. The third-order valence-corrected chi connectivity index (χ3v) is 4.55. The zero-order chi connectivity index (χ0) is 13.0. The number of thiophene rings is 1. The highest BCUT2D eigenvalue weighted by molar-refractivity contribution is 7.97. The van der Waals surface area contributed by atoms with Gasteiger partial charge in [-0.15, -0.1) is 11.3 Å². The van der Waals surface area contributed by atoms with E-state index >= 15 is 0 Å². The van der Waals surface area contributed by atoms with Gasteiger partial charge in [0.05, 0.1) is 4.88 Å². The van der Waals surface area contributed by atoms with Gasteiger partial charge < -0.3 is 5.84 Å². The molecule has 0 amide bonds. The number of hydrazone groups is 1. The van der Waals surface area contributed by atoms with Gasteiger partial charge in [0.25, 0.3) is 0 Å². The van der Waals surface area contributed by atoms with Crippen LogP contribution in [0.2, 0.25) is 5.02 Å². The Morgan fingerprint density at radius 3 is 2.61 bits per heavy atom. The van der Waals surface area contributed by atoms with Gasteiger partial charge in [0.15, 0.2) is 0 Å². The summed E-state index contributed by atoms with van der Waals surface area (Å²) in [6.07, 6.45) is 2.09.